The van der Waals surface area contributed by atoms with Crippen molar-refractivity contribution < 1.29 is 13.9 Å². The number of carbonyl (C=O) groups excluding carboxylic acids is 1. The van der Waals surface area contributed by atoms with Gasteiger partial charge in [-0.25, -0.2) is 0 Å². The lowest BCUT2D eigenvalue weighted by atomic mass is 10.2. The molecule has 1 fully saturated rings. The van der Waals surface area contributed by atoms with Crippen LogP contribution in [-0.2, 0) is 13.2 Å². The lowest BCUT2D eigenvalue weighted by Gasteiger charge is -2.34. The van der Waals surface area contributed by atoms with Gasteiger partial charge in [0.25, 0.3) is 5.91 Å². The van der Waals surface area contributed by atoms with Crippen LogP contribution < -0.4 is 4.74 Å². The Labute approximate surface area is 237 Å². The predicted octanol–water partition coefficient (Wildman–Crippen LogP) is 8.39. The minimum absolute atomic E-state index is 0.0315. The quantitative estimate of drug-likeness (QED) is 0.206. The lowest BCUT2D eigenvalue weighted by molar-refractivity contribution is 0.0594. The summed E-state index contributed by atoms with van der Waals surface area (Å²) in [5.41, 5.74) is 0.884. The van der Waals surface area contributed by atoms with Gasteiger partial charge in [0.15, 0.2) is 11.5 Å². The molecule has 1 aromatic heterocycles. The van der Waals surface area contributed by atoms with Gasteiger partial charge in [-0.3, -0.25) is 9.69 Å². The minimum Gasteiger partial charge on any atom is -0.482 e. The van der Waals surface area contributed by atoms with Gasteiger partial charge in [-0.1, -0.05) is 87.3 Å². The first-order chi connectivity index (χ1) is 16.7. The molecule has 1 aliphatic rings. The predicted molar refractivity (Wildman–Crippen MR) is 142 cm³/mol. The van der Waals surface area contributed by atoms with Crippen molar-refractivity contribution in [1.82, 2.24) is 9.80 Å². The molecule has 0 bridgehead atoms. The molecule has 5 nitrogen and oxygen atoms in total. The van der Waals surface area contributed by atoms with E-state index in [1.54, 1.807) is 17.0 Å². The van der Waals surface area contributed by atoms with Gasteiger partial charge in [-0.15, -0.1) is 0 Å². The fourth-order valence-corrected chi connectivity index (χ4v) is 5.34. The first-order valence-corrected chi connectivity index (χ1v) is 13.0. The molecule has 0 spiro atoms. The van der Waals surface area contributed by atoms with Crippen LogP contribution in [0.2, 0.25) is 35.2 Å². The van der Waals surface area contributed by atoms with E-state index in [0.717, 1.165) is 5.56 Å². The summed E-state index contributed by atoms with van der Waals surface area (Å²) in [5.74, 6) is 0.470. The number of amides is 1. The van der Waals surface area contributed by atoms with Crippen molar-refractivity contribution in [2.24, 2.45) is 0 Å². The molecule has 0 radical (unpaired) electrons. The molecule has 186 valence electrons. The Morgan fingerprint density at radius 2 is 1.37 bits per heavy atom. The lowest BCUT2D eigenvalue weighted by Crippen LogP contribution is -2.48. The fraction of sp³-hybridized carbons (Fsp3) is 0.261. The van der Waals surface area contributed by atoms with Crippen LogP contribution in [0.4, 0.5) is 0 Å². The van der Waals surface area contributed by atoms with E-state index in [9.17, 15) is 4.79 Å². The van der Waals surface area contributed by atoms with Gasteiger partial charge in [0, 0.05) is 48.3 Å². The number of piperazine rings is 1. The average Bonchev–Trinajstić information content (AvgIpc) is 3.33. The molecule has 4 rings (SSSR count). The molecule has 0 unspecified atom stereocenters. The van der Waals surface area contributed by atoms with E-state index in [2.05, 4.69) is 4.90 Å². The van der Waals surface area contributed by atoms with Gasteiger partial charge in [0.05, 0.1) is 15.1 Å². The highest BCUT2D eigenvalue weighted by molar-refractivity contribution is 6.55. The van der Waals surface area contributed by atoms with Gasteiger partial charge >= 0.3 is 0 Å². The molecule has 0 aliphatic carbocycles. The maximum absolute atomic E-state index is 12.9. The van der Waals surface area contributed by atoms with Crippen molar-refractivity contribution in [3.05, 3.63) is 82.6 Å². The second-order valence-corrected chi connectivity index (χ2v) is 10.4. The molecule has 1 saturated heterocycles. The Morgan fingerprint density at radius 1 is 0.800 bits per heavy atom. The average molecular weight is 618 g/mol. The molecule has 1 amide bonds. The zero-order chi connectivity index (χ0) is 25.3. The summed E-state index contributed by atoms with van der Waals surface area (Å²) in [6, 6.07) is 8.69. The van der Waals surface area contributed by atoms with E-state index in [1.165, 1.54) is 0 Å². The molecular weight excluding hydrogens is 600 g/mol. The van der Waals surface area contributed by atoms with Crippen LogP contribution in [0.15, 0.2) is 34.7 Å². The topological polar surface area (TPSA) is 45.9 Å². The third-order valence-corrected chi connectivity index (χ3v) is 8.45. The molecule has 12 heteroatoms. The van der Waals surface area contributed by atoms with Crippen molar-refractivity contribution in [3.63, 3.8) is 0 Å². The minimum atomic E-state index is -0.208. The molecule has 0 saturated carbocycles. The van der Waals surface area contributed by atoms with Crippen LogP contribution in [0.3, 0.4) is 0 Å². The molecule has 2 heterocycles. The highest BCUT2D eigenvalue weighted by Crippen LogP contribution is 2.48. The molecule has 0 atom stereocenters. The summed E-state index contributed by atoms with van der Waals surface area (Å²) in [7, 11) is 0. The highest BCUT2D eigenvalue weighted by atomic mass is 35.5. The number of carbonyl (C=O) groups is 1. The largest absolute Gasteiger partial charge is 0.482 e. The maximum Gasteiger partial charge on any atom is 0.289 e. The summed E-state index contributed by atoms with van der Waals surface area (Å²) in [6.45, 7) is 3.01. The van der Waals surface area contributed by atoms with Crippen molar-refractivity contribution in [2.45, 2.75) is 13.2 Å². The summed E-state index contributed by atoms with van der Waals surface area (Å²) in [5, 5.41) is 1.43. The third-order valence-electron chi connectivity index (χ3n) is 5.50. The van der Waals surface area contributed by atoms with E-state index in [-0.39, 0.29) is 49.1 Å². The Kier molecular flexibility index (Phi) is 8.94. The summed E-state index contributed by atoms with van der Waals surface area (Å²) in [6.07, 6.45) is 0. The molecule has 35 heavy (non-hydrogen) atoms. The number of hydrogen-bond donors (Lipinski definition) is 0. The Morgan fingerprint density at radius 3 is 1.97 bits per heavy atom. The number of furan rings is 1. The molecule has 3 aromatic rings. The zero-order valence-corrected chi connectivity index (χ0v) is 23.2. The smallest absolute Gasteiger partial charge is 0.289 e. The second kappa shape index (κ2) is 11.6. The van der Waals surface area contributed by atoms with E-state index < -0.39 is 0 Å². The van der Waals surface area contributed by atoms with Crippen LogP contribution in [0.1, 0.15) is 21.9 Å². The number of benzene rings is 2. The Balaban J connectivity index is 1.35. The van der Waals surface area contributed by atoms with Crippen LogP contribution >= 0.6 is 81.2 Å². The maximum atomic E-state index is 12.9. The van der Waals surface area contributed by atoms with Crippen molar-refractivity contribution >= 4 is 87.1 Å². The molecule has 2 aromatic carbocycles. The van der Waals surface area contributed by atoms with E-state index in [4.69, 9.17) is 90.4 Å². The second-order valence-electron chi connectivity index (χ2n) is 7.72. The summed E-state index contributed by atoms with van der Waals surface area (Å²) in [4.78, 5) is 16.9. The fourth-order valence-electron chi connectivity index (χ4n) is 3.60. The van der Waals surface area contributed by atoms with Gasteiger partial charge in [-0.05, 0) is 24.3 Å². The van der Waals surface area contributed by atoms with E-state index in [0.29, 0.717) is 48.5 Å². The van der Waals surface area contributed by atoms with Crippen molar-refractivity contribution in [2.75, 3.05) is 26.2 Å². The normalized spacial score (nSPS) is 14.4. The first kappa shape index (κ1) is 27.0. The zero-order valence-electron chi connectivity index (χ0n) is 17.9. The van der Waals surface area contributed by atoms with E-state index in [1.807, 2.05) is 18.2 Å². The van der Waals surface area contributed by atoms with Crippen LogP contribution in [0.5, 0.6) is 5.75 Å². The number of rotatable bonds is 6. The van der Waals surface area contributed by atoms with Gasteiger partial charge in [0.2, 0.25) is 0 Å². The Bertz CT molecular complexity index is 1210. The standard InChI is InChI=1S/C23H17Cl7N2O3/c24-14-2-1-3-15(25)13(14)10-31-6-8-32(9-7-31)23(33)16-5-4-12(35-16)11-34-22-20(29)18(27)17(26)19(28)21(22)30/h1-5H,6-11H2. The van der Waals surface area contributed by atoms with Gasteiger partial charge < -0.3 is 14.1 Å². The van der Waals surface area contributed by atoms with Crippen molar-refractivity contribution in [1.29, 1.82) is 0 Å². The third kappa shape index (κ3) is 5.94. The SMILES string of the molecule is O=C(c1ccc(COc2c(Cl)c(Cl)c(Cl)c(Cl)c2Cl)o1)N1CCN(Cc2c(Cl)cccc2Cl)CC1. The van der Waals surface area contributed by atoms with Gasteiger partial charge in [-0.2, -0.15) is 0 Å². The van der Waals surface area contributed by atoms with Gasteiger partial charge in [0.1, 0.15) is 22.4 Å². The highest BCUT2D eigenvalue weighted by Gasteiger charge is 2.26. The molecule has 1 aliphatic heterocycles. The number of ether oxygens (including phenoxy) is 1. The number of hydrogen-bond acceptors (Lipinski definition) is 4. The number of nitrogens with zero attached hydrogens (tertiary/aromatic N) is 2. The van der Waals surface area contributed by atoms with E-state index >= 15 is 0 Å². The molecule has 0 N–H and O–H groups in total. The summed E-state index contributed by atoms with van der Waals surface area (Å²) >= 11 is 43.1. The Hall–Kier alpha value is -1.02. The summed E-state index contributed by atoms with van der Waals surface area (Å²) < 4.78 is 11.4. The van der Waals surface area contributed by atoms with Crippen LogP contribution in [0.25, 0.3) is 0 Å². The first-order valence-electron chi connectivity index (χ1n) is 10.3. The van der Waals surface area contributed by atoms with Crippen LogP contribution in [0, 0.1) is 0 Å². The number of halogens is 7. The van der Waals surface area contributed by atoms with Crippen molar-refractivity contribution in [3.8, 4) is 5.75 Å². The monoisotopic (exact) mass is 614 g/mol. The molecular formula is C23H17Cl7N2O3. The van der Waals surface area contributed by atoms with Crippen LogP contribution in [-0.4, -0.2) is 41.9 Å².